The minimum atomic E-state index is 0.334. The lowest BCUT2D eigenvalue weighted by molar-refractivity contribution is 0.127. The summed E-state index contributed by atoms with van der Waals surface area (Å²) in [6.07, 6.45) is 2.36. The molecule has 2 N–H and O–H groups in total. The second-order valence-corrected chi connectivity index (χ2v) is 5.78. The molecule has 0 aromatic carbocycles. The minimum absolute atomic E-state index is 0.334. The van der Waals surface area contributed by atoms with E-state index in [-0.39, 0.29) is 0 Å². The van der Waals surface area contributed by atoms with Gasteiger partial charge in [0.25, 0.3) is 0 Å². The third-order valence-corrected chi connectivity index (χ3v) is 4.91. The van der Waals surface area contributed by atoms with Crippen molar-refractivity contribution in [3.63, 3.8) is 0 Å². The summed E-state index contributed by atoms with van der Waals surface area (Å²) in [5.41, 5.74) is 8.08. The second kappa shape index (κ2) is 5.42. The van der Waals surface area contributed by atoms with E-state index < -0.39 is 0 Å². The van der Waals surface area contributed by atoms with Crippen LogP contribution in [0.15, 0.2) is 5.03 Å². The molecule has 2 atom stereocenters. The number of thioether (sulfide) groups is 1. The van der Waals surface area contributed by atoms with Gasteiger partial charge in [0.15, 0.2) is 0 Å². The number of aryl methyl sites for hydroxylation is 2. The lowest BCUT2D eigenvalue weighted by Gasteiger charge is -2.14. The molecule has 5 heteroatoms. The summed E-state index contributed by atoms with van der Waals surface area (Å²) in [4.78, 5) is 0. The average molecular weight is 255 g/mol. The van der Waals surface area contributed by atoms with Gasteiger partial charge in [-0.1, -0.05) is 0 Å². The Morgan fingerprint density at radius 3 is 2.94 bits per heavy atom. The Morgan fingerprint density at radius 2 is 2.35 bits per heavy atom. The molecule has 1 aromatic heterocycles. The van der Waals surface area contributed by atoms with Crippen LogP contribution in [-0.4, -0.2) is 34.3 Å². The summed E-state index contributed by atoms with van der Waals surface area (Å²) < 4.78 is 7.59. The van der Waals surface area contributed by atoms with Crippen LogP contribution in [0.4, 0.5) is 0 Å². The first-order valence-electron chi connectivity index (χ1n) is 6.14. The molecule has 1 aliphatic heterocycles. The number of hydrogen-bond acceptors (Lipinski definition) is 4. The molecule has 0 radical (unpaired) electrons. The van der Waals surface area contributed by atoms with Gasteiger partial charge in [0.05, 0.1) is 16.8 Å². The summed E-state index contributed by atoms with van der Waals surface area (Å²) in [5, 5.41) is 6.30. The predicted molar refractivity (Wildman–Crippen MR) is 70.4 cm³/mol. The van der Waals surface area contributed by atoms with Crippen LogP contribution in [-0.2, 0) is 18.2 Å². The molecule has 4 nitrogen and oxygen atoms in total. The number of hydrogen-bond donors (Lipinski definition) is 1. The van der Waals surface area contributed by atoms with E-state index in [1.807, 2.05) is 23.5 Å². The summed E-state index contributed by atoms with van der Waals surface area (Å²) >= 11 is 1.89. The normalized spacial score (nSPS) is 24.5. The van der Waals surface area contributed by atoms with Gasteiger partial charge in [-0.25, -0.2) is 0 Å². The van der Waals surface area contributed by atoms with Crippen molar-refractivity contribution in [1.82, 2.24) is 9.78 Å². The Morgan fingerprint density at radius 1 is 1.59 bits per heavy atom. The molecular formula is C12H21N3OS. The highest BCUT2D eigenvalue weighted by Crippen LogP contribution is 2.35. The molecule has 1 fully saturated rings. The lowest BCUT2D eigenvalue weighted by atomic mass is 10.2. The minimum Gasteiger partial charge on any atom is -0.377 e. The largest absolute Gasteiger partial charge is 0.377 e. The second-order valence-electron chi connectivity index (χ2n) is 4.55. The van der Waals surface area contributed by atoms with E-state index in [2.05, 4.69) is 18.9 Å². The molecule has 2 unspecified atom stereocenters. The van der Waals surface area contributed by atoms with Crippen LogP contribution < -0.4 is 5.73 Å². The predicted octanol–water partition coefficient (Wildman–Crippen LogP) is 1.50. The van der Waals surface area contributed by atoms with E-state index in [1.165, 1.54) is 10.6 Å². The van der Waals surface area contributed by atoms with Crippen molar-refractivity contribution in [2.24, 2.45) is 12.8 Å². The summed E-state index contributed by atoms with van der Waals surface area (Å²) in [5.74, 6) is 0. The van der Waals surface area contributed by atoms with Crippen molar-refractivity contribution in [1.29, 1.82) is 0 Å². The average Bonchev–Trinajstić information content (AvgIpc) is 2.78. The van der Waals surface area contributed by atoms with Crippen molar-refractivity contribution in [3.8, 4) is 0 Å². The molecule has 0 amide bonds. The van der Waals surface area contributed by atoms with Crippen LogP contribution in [0.1, 0.15) is 24.6 Å². The van der Waals surface area contributed by atoms with Crippen LogP contribution in [0.5, 0.6) is 0 Å². The van der Waals surface area contributed by atoms with E-state index in [1.54, 1.807) is 0 Å². The standard InChI is InChI=1S/C12H21N3OS/c1-8-10(4-6-13)12(15(3)14-8)17-11-5-7-16-9(11)2/h9,11H,4-7,13H2,1-3H3. The first-order chi connectivity index (χ1) is 8.13. The van der Waals surface area contributed by atoms with Gasteiger partial charge in [0.2, 0.25) is 0 Å². The van der Waals surface area contributed by atoms with Gasteiger partial charge < -0.3 is 10.5 Å². The monoisotopic (exact) mass is 255 g/mol. The zero-order chi connectivity index (χ0) is 12.4. The summed E-state index contributed by atoms with van der Waals surface area (Å²) in [6, 6.07) is 0. The van der Waals surface area contributed by atoms with E-state index in [4.69, 9.17) is 10.5 Å². The van der Waals surface area contributed by atoms with Crippen molar-refractivity contribution in [3.05, 3.63) is 11.3 Å². The zero-order valence-electron chi connectivity index (χ0n) is 10.8. The maximum atomic E-state index is 5.67. The van der Waals surface area contributed by atoms with Gasteiger partial charge in [-0.3, -0.25) is 4.68 Å². The lowest BCUT2D eigenvalue weighted by Crippen LogP contribution is -2.14. The number of nitrogens with zero attached hydrogens (tertiary/aromatic N) is 2. The van der Waals surface area contributed by atoms with Crippen LogP contribution in [0.2, 0.25) is 0 Å². The third-order valence-electron chi connectivity index (χ3n) is 3.25. The van der Waals surface area contributed by atoms with Gasteiger partial charge in [-0.05, 0) is 33.2 Å². The Kier molecular flexibility index (Phi) is 4.12. The fourth-order valence-corrected chi connectivity index (χ4v) is 3.63. The maximum Gasteiger partial charge on any atom is 0.0975 e. The molecule has 17 heavy (non-hydrogen) atoms. The molecule has 0 bridgehead atoms. The first kappa shape index (κ1) is 12.9. The van der Waals surface area contributed by atoms with Gasteiger partial charge in [0, 0.05) is 24.5 Å². The molecule has 1 saturated heterocycles. The molecular weight excluding hydrogens is 234 g/mol. The number of nitrogens with two attached hydrogens (primary N) is 1. The maximum absolute atomic E-state index is 5.67. The third kappa shape index (κ3) is 2.67. The van der Waals surface area contributed by atoms with E-state index >= 15 is 0 Å². The highest BCUT2D eigenvalue weighted by molar-refractivity contribution is 8.00. The molecule has 1 aromatic rings. The molecule has 1 aliphatic rings. The van der Waals surface area contributed by atoms with E-state index in [9.17, 15) is 0 Å². The van der Waals surface area contributed by atoms with E-state index in [0.29, 0.717) is 17.9 Å². The molecule has 0 saturated carbocycles. The number of ether oxygens (including phenoxy) is 1. The van der Waals surface area contributed by atoms with Gasteiger partial charge in [-0.2, -0.15) is 5.10 Å². The number of aromatic nitrogens is 2. The fraction of sp³-hybridized carbons (Fsp3) is 0.750. The molecule has 2 heterocycles. The molecule has 0 spiro atoms. The Hall–Kier alpha value is -0.520. The Balaban J connectivity index is 2.18. The van der Waals surface area contributed by atoms with Crippen molar-refractivity contribution in [2.75, 3.05) is 13.2 Å². The van der Waals surface area contributed by atoms with Crippen molar-refractivity contribution < 1.29 is 4.74 Å². The molecule has 0 aliphatic carbocycles. The smallest absolute Gasteiger partial charge is 0.0975 e. The Bertz CT molecular complexity index is 391. The quantitative estimate of drug-likeness (QED) is 0.886. The van der Waals surface area contributed by atoms with Crippen LogP contribution in [0.3, 0.4) is 0 Å². The molecule has 96 valence electrons. The van der Waals surface area contributed by atoms with Crippen molar-refractivity contribution in [2.45, 2.75) is 43.1 Å². The topological polar surface area (TPSA) is 53.1 Å². The number of rotatable bonds is 4. The Labute approximate surface area is 107 Å². The highest BCUT2D eigenvalue weighted by atomic mass is 32.2. The SMILES string of the molecule is Cc1nn(C)c(SC2CCOC2C)c1CCN. The van der Waals surface area contributed by atoms with Crippen LogP contribution in [0, 0.1) is 6.92 Å². The van der Waals surface area contributed by atoms with Crippen LogP contribution >= 0.6 is 11.8 Å². The van der Waals surface area contributed by atoms with Crippen molar-refractivity contribution >= 4 is 11.8 Å². The molecule has 2 rings (SSSR count). The van der Waals surface area contributed by atoms with Gasteiger partial charge >= 0.3 is 0 Å². The summed E-state index contributed by atoms with van der Waals surface area (Å²) in [7, 11) is 2.01. The van der Waals surface area contributed by atoms with E-state index in [0.717, 1.165) is 25.1 Å². The zero-order valence-corrected chi connectivity index (χ0v) is 11.6. The fourth-order valence-electron chi connectivity index (χ4n) is 2.27. The highest BCUT2D eigenvalue weighted by Gasteiger charge is 2.27. The van der Waals surface area contributed by atoms with Crippen LogP contribution in [0.25, 0.3) is 0 Å². The first-order valence-corrected chi connectivity index (χ1v) is 7.02. The van der Waals surface area contributed by atoms with Gasteiger partial charge in [-0.15, -0.1) is 11.8 Å². The summed E-state index contributed by atoms with van der Waals surface area (Å²) in [6.45, 7) is 5.76. The van der Waals surface area contributed by atoms with Gasteiger partial charge in [0.1, 0.15) is 0 Å².